The third-order valence-corrected chi connectivity index (χ3v) is 4.02. The number of rotatable bonds is 5. The van der Waals surface area contributed by atoms with Crippen LogP contribution in [0.15, 0.2) is 22.2 Å². The highest BCUT2D eigenvalue weighted by Gasteiger charge is 2.13. The predicted octanol–water partition coefficient (Wildman–Crippen LogP) is 2.37. The molecule has 1 atom stereocenters. The number of aromatic nitrogens is 1. The minimum Gasteiger partial charge on any atom is -0.396 e. The van der Waals surface area contributed by atoms with Gasteiger partial charge in [-0.1, -0.05) is 0 Å². The number of thiazole rings is 1. The third-order valence-electron chi connectivity index (χ3n) is 2.44. The van der Waals surface area contributed by atoms with E-state index in [1.165, 1.54) is 11.3 Å². The summed E-state index contributed by atoms with van der Waals surface area (Å²) in [5.41, 5.74) is 1.48. The summed E-state index contributed by atoms with van der Waals surface area (Å²) in [6.07, 6.45) is 0.549. The molecule has 0 saturated carbocycles. The lowest BCUT2D eigenvalue weighted by atomic mass is 10.2. The van der Waals surface area contributed by atoms with Crippen molar-refractivity contribution in [3.05, 3.63) is 27.9 Å². The maximum Gasteiger partial charge on any atom is 0.270 e. The van der Waals surface area contributed by atoms with Crippen molar-refractivity contribution in [2.24, 2.45) is 0 Å². The van der Waals surface area contributed by atoms with Gasteiger partial charge in [-0.25, -0.2) is 4.98 Å². The number of aliphatic hydroxyl groups is 1. The molecule has 4 nitrogen and oxygen atoms in total. The highest BCUT2D eigenvalue weighted by atomic mass is 32.1. The molecule has 96 valence electrons. The Kier molecular flexibility index (Phi) is 4.46. The summed E-state index contributed by atoms with van der Waals surface area (Å²) in [6.45, 7) is 1.93. The van der Waals surface area contributed by atoms with Gasteiger partial charge in [0.1, 0.15) is 10.7 Å². The zero-order valence-electron chi connectivity index (χ0n) is 9.92. The first-order valence-electron chi connectivity index (χ1n) is 5.60. The van der Waals surface area contributed by atoms with Crippen molar-refractivity contribution in [1.29, 1.82) is 0 Å². The molecule has 2 heterocycles. The van der Waals surface area contributed by atoms with Gasteiger partial charge in [0.15, 0.2) is 0 Å². The lowest BCUT2D eigenvalue weighted by Crippen LogP contribution is -2.33. The van der Waals surface area contributed by atoms with E-state index in [2.05, 4.69) is 10.3 Å². The van der Waals surface area contributed by atoms with Crippen molar-refractivity contribution in [3.63, 3.8) is 0 Å². The van der Waals surface area contributed by atoms with Crippen molar-refractivity contribution in [2.45, 2.75) is 19.4 Å². The van der Waals surface area contributed by atoms with Crippen molar-refractivity contribution in [1.82, 2.24) is 10.3 Å². The first-order valence-corrected chi connectivity index (χ1v) is 7.42. The molecule has 0 spiro atoms. The Labute approximate surface area is 113 Å². The Morgan fingerprint density at radius 1 is 1.56 bits per heavy atom. The number of hydrogen-bond acceptors (Lipinski definition) is 5. The molecule has 0 saturated heterocycles. The third kappa shape index (κ3) is 3.16. The van der Waals surface area contributed by atoms with Gasteiger partial charge < -0.3 is 10.4 Å². The molecule has 0 radical (unpaired) electrons. The first-order chi connectivity index (χ1) is 8.70. The quantitative estimate of drug-likeness (QED) is 0.885. The zero-order chi connectivity index (χ0) is 13.0. The molecule has 2 N–H and O–H groups in total. The summed E-state index contributed by atoms with van der Waals surface area (Å²) in [6, 6.07) is 1.94. The minimum atomic E-state index is -0.186. The molecule has 0 fully saturated rings. The maximum absolute atomic E-state index is 11.9. The second kappa shape index (κ2) is 6.08. The van der Waals surface area contributed by atoms with Gasteiger partial charge in [0, 0.05) is 29.0 Å². The predicted molar refractivity (Wildman–Crippen MR) is 74.1 cm³/mol. The van der Waals surface area contributed by atoms with Gasteiger partial charge in [-0.05, 0) is 24.8 Å². The van der Waals surface area contributed by atoms with Crippen LogP contribution in [0.2, 0.25) is 0 Å². The summed E-state index contributed by atoms with van der Waals surface area (Å²) < 4.78 is 0. The highest BCUT2D eigenvalue weighted by Crippen LogP contribution is 2.25. The summed E-state index contributed by atoms with van der Waals surface area (Å²) in [7, 11) is 0. The van der Waals surface area contributed by atoms with Crippen LogP contribution >= 0.6 is 22.7 Å². The lowest BCUT2D eigenvalue weighted by molar-refractivity contribution is 0.0930. The van der Waals surface area contributed by atoms with Crippen LogP contribution in [-0.2, 0) is 0 Å². The Balaban J connectivity index is 2.04. The second-order valence-corrected chi connectivity index (χ2v) is 5.57. The Morgan fingerprint density at radius 2 is 2.39 bits per heavy atom. The van der Waals surface area contributed by atoms with Crippen LogP contribution in [0, 0.1) is 0 Å². The van der Waals surface area contributed by atoms with Crippen molar-refractivity contribution >= 4 is 28.6 Å². The van der Waals surface area contributed by atoms with Gasteiger partial charge in [0.25, 0.3) is 5.91 Å². The Morgan fingerprint density at radius 3 is 3.06 bits per heavy atom. The van der Waals surface area contributed by atoms with Crippen molar-refractivity contribution in [3.8, 4) is 10.6 Å². The monoisotopic (exact) mass is 282 g/mol. The molecule has 1 amide bonds. The average Bonchev–Trinajstić information content (AvgIpc) is 3.00. The summed E-state index contributed by atoms with van der Waals surface area (Å²) in [5.74, 6) is -0.186. The molecule has 2 aromatic rings. The number of carbonyl (C=O) groups excluding carboxylic acids is 1. The van der Waals surface area contributed by atoms with E-state index in [1.54, 1.807) is 16.7 Å². The average molecular weight is 282 g/mol. The number of hydrogen-bond donors (Lipinski definition) is 2. The zero-order valence-corrected chi connectivity index (χ0v) is 11.6. The Hall–Kier alpha value is -1.24. The van der Waals surface area contributed by atoms with Crippen LogP contribution in [-0.4, -0.2) is 28.6 Å². The van der Waals surface area contributed by atoms with Crippen LogP contribution in [0.4, 0.5) is 0 Å². The fourth-order valence-electron chi connectivity index (χ4n) is 1.46. The van der Waals surface area contributed by atoms with E-state index in [9.17, 15) is 4.79 Å². The summed E-state index contributed by atoms with van der Waals surface area (Å²) in [5, 5.41) is 18.2. The van der Waals surface area contributed by atoms with Crippen LogP contribution < -0.4 is 5.32 Å². The Bertz CT molecular complexity index is 508. The standard InChI is InChI=1S/C12H14N2O2S2/c1-8(2-4-15)13-11(16)10-7-18-12(14-10)9-3-5-17-6-9/h3,5-8,15H,2,4H2,1H3,(H,13,16). The molecule has 0 aromatic carbocycles. The molecular weight excluding hydrogens is 268 g/mol. The van der Waals surface area contributed by atoms with E-state index in [-0.39, 0.29) is 18.6 Å². The van der Waals surface area contributed by atoms with Crippen LogP contribution in [0.3, 0.4) is 0 Å². The number of nitrogens with one attached hydrogen (secondary N) is 1. The fourth-order valence-corrected chi connectivity index (χ4v) is 2.97. The van der Waals surface area contributed by atoms with E-state index in [1.807, 2.05) is 23.8 Å². The van der Waals surface area contributed by atoms with E-state index in [4.69, 9.17) is 5.11 Å². The van der Waals surface area contributed by atoms with Gasteiger partial charge in [0.2, 0.25) is 0 Å². The molecule has 18 heavy (non-hydrogen) atoms. The normalized spacial score (nSPS) is 12.3. The van der Waals surface area contributed by atoms with Gasteiger partial charge in [-0.2, -0.15) is 11.3 Å². The molecule has 6 heteroatoms. The van der Waals surface area contributed by atoms with Gasteiger partial charge in [-0.3, -0.25) is 4.79 Å². The molecular formula is C12H14N2O2S2. The second-order valence-electron chi connectivity index (χ2n) is 3.94. The van der Waals surface area contributed by atoms with Gasteiger partial charge in [-0.15, -0.1) is 11.3 Å². The van der Waals surface area contributed by atoms with Crippen LogP contribution in [0.1, 0.15) is 23.8 Å². The number of carbonyl (C=O) groups is 1. The van der Waals surface area contributed by atoms with E-state index in [0.29, 0.717) is 12.1 Å². The largest absolute Gasteiger partial charge is 0.396 e. The van der Waals surface area contributed by atoms with E-state index >= 15 is 0 Å². The number of aliphatic hydroxyl groups excluding tert-OH is 1. The molecule has 0 aliphatic rings. The van der Waals surface area contributed by atoms with Crippen molar-refractivity contribution < 1.29 is 9.90 Å². The summed E-state index contributed by atoms with van der Waals surface area (Å²) >= 11 is 3.07. The molecule has 1 unspecified atom stereocenters. The van der Waals surface area contributed by atoms with Gasteiger partial charge in [0.05, 0.1) is 0 Å². The number of thiophene rings is 1. The topological polar surface area (TPSA) is 62.2 Å². The number of amides is 1. The lowest BCUT2D eigenvalue weighted by Gasteiger charge is -2.10. The molecule has 2 rings (SSSR count). The number of nitrogens with zero attached hydrogens (tertiary/aromatic N) is 1. The van der Waals surface area contributed by atoms with E-state index < -0.39 is 0 Å². The SMILES string of the molecule is CC(CCO)NC(=O)c1csc(-c2ccsc2)n1. The summed E-state index contributed by atoms with van der Waals surface area (Å²) in [4.78, 5) is 16.2. The smallest absolute Gasteiger partial charge is 0.270 e. The van der Waals surface area contributed by atoms with Gasteiger partial charge >= 0.3 is 0 Å². The molecule has 0 bridgehead atoms. The fraction of sp³-hybridized carbons (Fsp3) is 0.333. The maximum atomic E-state index is 11.9. The molecule has 2 aromatic heterocycles. The van der Waals surface area contributed by atoms with Crippen LogP contribution in [0.25, 0.3) is 10.6 Å². The van der Waals surface area contributed by atoms with Crippen molar-refractivity contribution in [2.75, 3.05) is 6.61 Å². The van der Waals surface area contributed by atoms with E-state index in [0.717, 1.165) is 10.6 Å². The molecule has 0 aliphatic heterocycles. The van der Waals surface area contributed by atoms with Crippen LogP contribution in [0.5, 0.6) is 0 Å². The highest BCUT2D eigenvalue weighted by molar-refractivity contribution is 7.14. The minimum absolute atomic E-state index is 0.0474. The first kappa shape index (κ1) is 13.2. The molecule has 0 aliphatic carbocycles.